The molecule has 2 atom stereocenters. The van der Waals surface area contributed by atoms with Crippen molar-refractivity contribution in [2.24, 2.45) is 5.92 Å². The molecule has 1 aliphatic rings. The van der Waals surface area contributed by atoms with Crippen molar-refractivity contribution in [3.63, 3.8) is 0 Å². The minimum Gasteiger partial charge on any atom is -0.496 e. The molecule has 0 saturated carbocycles. The maximum absolute atomic E-state index is 13.4. The number of hydrogen-bond acceptors (Lipinski definition) is 4. The smallest absolute Gasteiger partial charge is 0.229 e. The Bertz CT molecular complexity index is 934. The van der Waals surface area contributed by atoms with Gasteiger partial charge in [0.05, 0.1) is 31.2 Å². The van der Waals surface area contributed by atoms with Gasteiger partial charge in [0.25, 0.3) is 0 Å². The first-order valence-electron chi connectivity index (χ1n) is 10.6. The summed E-state index contributed by atoms with van der Waals surface area (Å²) in [7, 11) is 3.15. The Kier molecular flexibility index (Phi) is 7.80. The molecular formula is C24H29ClN2O4. The molecule has 1 fully saturated rings. The topological polar surface area (TPSA) is 67.9 Å². The molecule has 7 heteroatoms. The fourth-order valence-electron chi connectivity index (χ4n) is 4.09. The van der Waals surface area contributed by atoms with Crippen molar-refractivity contribution in [1.82, 2.24) is 4.90 Å². The predicted octanol–water partition coefficient (Wildman–Crippen LogP) is 5.08. The molecule has 2 amide bonds. The zero-order chi connectivity index (χ0) is 22.4. The molecule has 1 aliphatic heterocycles. The predicted molar refractivity (Wildman–Crippen MR) is 122 cm³/mol. The fraction of sp³-hybridized carbons (Fsp3) is 0.417. The summed E-state index contributed by atoms with van der Waals surface area (Å²) in [5.74, 6) is 0.730. The van der Waals surface area contributed by atoms with Gasteiger partial charge in [-0.15, -0.1) is 0 Å². The van der Waals surface area contributed by atoms with Crippen LogP contribution in [0.4, 0.5) is 5.69 Å². The number of likely N-dealkylation sites (tertiary alicyclic amines) is 1. The summed E-state index contributed by atoms with van der Waals surface area (Å²) >= 11 is 6.22. The Balaban J connectivity index is 1.94. The summed E-state index contributed by atoms with van der Waals surface area (Å²) in [6.45, 7) is 2.69. The Morgan fingerprint density at radius 2 is 1.90 bits per heavy atom. The van der Waals surface area contributed by atoms with Crippen LogP contribution in [0.2, 0.25) is 5.02 Å². The minimum absolute atomic E-state index is 0.0703. The molecule has 2 aromatic carbocycles. The number of halogens is 1. The van der Waals surface area contributed by atoms with E-state index in [2.05, 4.69) is 12.2 Å². The number of para-hydroxylation sites is 1. The van der Waals surface area contributed by atoms with Crippen LogP contribution in [0.5, 0.6) is 11.5 Å². The maximum Gasteiger partial charge on any atom is 0.229 e. The molecule has 1 N–H and O–H groups in total. The second-order valence-corrected chi connectivity index (χ2v) is 8.02. The van der Waals surface area contributed by atoms with E-state index in [9.17, 15) is 9.59 Å². The first-order valence-corrected chi connectivity index (χ1v) is 10.9. The van der Waals surface area contributed by atoms with Gasteiger partial charge in [-0.3, -0.25) is 9.59 Å². The number of piperidine rings is 1. The van der Waals surface area contributed by atoms with Crippen molar-refractivity contribution in [2.75, 3.05) is 26.1 Å². The van der Waals surface area contributed by atoms with Crippen LogP contribution in [0.1, 0.15) is 44.2 Å². The zero-order valence-electron chi connectivity index (χ0n) is 18.2. The van der Waals surface area contributed by atoms with Crippen LogP contribution in [-0.4, -0.2) is 37.5 Å². The third kappa shape index (κ3) is 5.13. The van der Waals surface area contributed by atoms with Crippen LogP contribution in [-0.2, 0) is 9.59 Å². The Morgan fingerprint density at radius 3 is 2.58 bits per heavy atom. The highest BCUT2D eigenvalue weighted by atomic mass is 35.5. The van der Waals surface area contributed by atoms with E-state index in [1.807, 2.05) is 29.2 Å². The summed E-state index contributed by atoms with van der Waals surface area (Å²) < 4.78 is 10.8. The number of ether oxygens (including phenoxy) is 2. The summed E-state index contributed by atoms with van der Waals surface area (Å²) in [6.07, 6.45) is 2.65. The number of anilines is 1. The highest BCUT2D eigenvalue weighted by Gasteiger charge is 2.41. The number of unbranched alkanes of at least 4 members (excludes halogenated alkanes) is 1. The Labute approximate surface area is 188 Å². The van der Waals surface area contributed by atoms with Gasteiger partial charge >= 0.3 is 0 Å². The van der Waals surface area contributed by atoms with Crippen molar-refractivity contribution in [3.8, 4) is 11.5 Å². The van der Waals surface area contributed by atoms with Crippen molar-refractivity contribution in [3.05, 3.63) is 53.1 Å². The van der Waals surface area contributed by atoms with E-state index in [1.54, 1.807) is 32.4 Å². The largest absolute Gasteiger partial charge is 0.496 e. The van der Waals surface area contributed by atoms with Crippen molar-refractivity contribution in [2.45, 2.75) is 38.6 Å². The quantitative estimate of drug-likeness (QED) is 0.616. The maximum atomic E-state index is 13.4. The Hall–Kier alpha value is -2.73. The molecule has 31 heavy (non-hydrogen) atoms. The second kappa shape index (κ2) is 10.5. The first-order chi connectivity index (χ1) is 15.0. The third-order valence-corrected chi connectivity index (χ3v) is 5.97. The standard InChI is InChI=1S/C24H29ClN2O4/c1-4-5-14-27-22(28)13-11-18(23(27)17-8-6-7-9-20(17)30-2)24(29)26-16-10-12-21(31-3)19(25)15-16/h6-10,12,15,18,23H,4-5,11,13-14H2,1-3H3,(H,26,29). The monoisotopic (exact) mass is 444 g/mol. The van der Waals surface area contributed by atoms with E-state index in [-0.39, 0.29) is 11.8 Å². The summed E-state index contributed by atoms with van der Waals surface area (Å²) in [5.41, 5.74) is 1.44. The second-order valence-electron chi connectivity index (χ2n) is 7.61. The summed E-state index contributed by atoms with van der Waals surface area (Å²) in [4.78, 5) is 28.1. The molecular weight excluding hydrogens is 416 g/mol. The third-order valence-electron chi connectivity index (χ3n) is 5.67. The first kappa shape index (κ1) is 22.9. The average Bonchev–Trinajstić information content (AvgIpc) is 2.78. The highest BCUT2D eigenvalue weighted by Crippen LogP contribution is 2.41. The number of nitrogens with zero attached hydrogens (tertiary/aromatic N) is 1. The molecule has 0 radical (unpaired) electrons. The molecule has 0 bridgehead atoms. The molecule has 166 valence electrons. The van der Waals surface area contributed by atoms with E-state index >= 15 is 0 Å². The van der Waals surface area contributed by atoms with Gasteiger partial charge in [0.2, 0.25) is 11.8 Å². The SMILES string of the molecule is CCCCN1C(=O)CCC(C(=O)Nc2ccc(OC)c(Cl)c2)C1c1ccccc1OC. The molecule has 1 heterocycles. The van der Waals surface area contributed by atoms with Gasteiger partial charge < -0.3 is 19.7 Å². The van der Waals surface area contributed by atoms with E-state index in [4.69, 9.17) is 21.1 Å². The van der Waals surface area contributed by atoms with E-state index < -0.39 is 12.0 Å². The van der Waals surface area contributed by atoms with Crippen LogP contribution < -0.4 is 14.8 Å². The van der Waals surface area contributed by atoms with Crippen LogP contribution >= 0.6 is 11.6 Å². The highest BCUT2D eigenvalue weighted by molar-refractivity contribution is 6.32. The molecule has 3 rings (SSSR count). The zero-order valence-corrected chi connectivity index (χ0v) is 18.9. The number of benzene rings is 2. The molecule has 2 aromatic rings. The van der Waals surface area contributed by atoms with Gasteiger partial charge in [-0.1, -0.05) is 43.1 Å². The lowest BCUT2D eigenvalue weighted by atomic mass is 9.83. The normalized spacial score (nSPS) is 18.6. The van der Waals surface area contributed by atoms with Crippen molar-refractivity contribution >= 4 is 29.1 Å². The van der Waals surface area contributed by atoms with Gasteiger partial charge in [0, 0.05) is 24.2 Å². The van der Waals surface area contributed by atoms with E-state index in [1.165, 1.54) is 0 Å². The number of nitrogens with one attached hydrogen (secondary N) is 1. The number of hydrogen-bond donors (Lipinski definition) is 1. The number of rotatable bonds is 8. The number of carbonyl (C=O) groups is 2. The molecule has 0 aromatic heterocycles. The van der Waals surface area contributed by atoms with Crippen LogP contribution in [0.3, 0.4) is 0 Å². The average molecular weight is 445 g/mol. The van der Waals surface area contributed by atoms with Crippen molar-refractivity contribution in [1.29, 1.82) is 0 Å². The van der Waals surface area contributed by atoms with E-state index in [0.29, 0.717) is 41.6 Å². The molecule has 2 unspecified atom stereocenters. The summed E-state index contributed by atoms with van der Waals surface area (Å²) in [5, 5.41) is 3.40. The molecule has 1 saturated heterocycles. The van der Waals surface area contributed by atoms with Crippen molar-refractivity contribution < 1.29 is 19.1 Å². The number of carbonyl (C=O) groups excluding carboxylic acids is 2. The van der Waals surface area contributed by atoms with Crippen LogP contribution in [0.15, 0.2) is 42.5 Å². The number of methoxy groups -OCH3 is 2. The van der Waals surface area contributed by atoms with Gasteiger partial charge in [-0.2, -0.15) is 0 Å². The van der Waals surface area contributed by atoms with E-state index in [0.717, 1.165) is 18.4 Å². The molecule has 0 spiro atoms. The van der Waals surface area contributed by atoms with Crippen LogP contribution in [0.25, 0.3) is 0 Å². The van der Waals surface area contributed by atoms with Crippen LogP contribution in [0, 0.1) is 5.92 Å². The number of amides is 2. The van der Waals surface area contributed by atoms with Gasteiger partial charge in [0.1, 0.15) is 11.5 Å². The lowest BCUT2D eigenvalue weighted by Crippen LogP contribution is -2.47. The molecule has 0 aliphatic carbocycles. The summed E-state index contributed by atoms with van der Waals surface area (Å²) in [6, 6.07) is 12.3. The minimum atomic E-state index is -0.410. The molecule has 6 nitrogen and oxygen atoms in total. The Morgan fingerprint density at radius 1 is 1.16 bits per heavy atom. The fourth-order valence-corrected chi connectivity index (χ4v) is 4.35. The van der Waals surface area contributed by atoms with Gasteiger partial charge in [-0.05, 0) is 37.1 Å². The van der Waals surface area contributed by atoms with Gasteiger partial charge in [-0.25, -0.2) is 0 Å². The van der Waals surface area contributed by atoms with Gasteiger partial charge in [0.15, 0.2) is 0 Å². The lowest BCUT2D eigenvalue weighted by molar-refractivity contribution is -0.142. The lowest BCUT2D eigenvalue weighted by Gasteiger charge is -2.41.